The Morgan fingerprint density at radius 3 is 2.28 bits per heavy atom. The summed E-state index contributed by atoms with van der Waals surface area (Å²) in [6, 6.07) is 5.32. The molecule has 0 spiro atoms. The van der Waals surface area contributed by atoms with Crippen LogP contribution in [0.4, 0.5) is 5.82 Å². The van der Waals surface area contributed by atoms with Crippen molar-refractivity contribution in [2.75, 3.05) is 24.7 Å². The Hall–Kier alpha value is -3.39. The maximum absolute atomic E-state index is 13.0. The van der Waals surface area contributed by atoms with Crippen molar-refractivity contribution in [3.8, 4) is 0 Å². The fourth-order valence-corrected chi connectivity index (χ4v) is 3.93. The number of carboxylic acid groups (broad SMARTS) is 2. The molecular formula is C18H27N5O8S. The van der Waals surface area contributed by atoms with E-state index < -0.39 is 15.6 Å². The van der Waals surface area contributed by atoms with Gasteiger partial charge in [0.1, 0.15) is 17.1 Å². The Balaban J connectivity index is 0.000000769. The van der Waals surface area contributed by atoms with Gasteiger partial charge in [0, 0.05) is 32.4 Å². The number of rotatable bonds is 6. The number of hydrogen-bond donors (Lipinski definition) is 4. The van der Waals surface area contributed by atoms with Crippen LogP contribution in [0, 0.1) is 0 Å². The summed E-state index contributed by atoms with van der Waals surface area (Å²) in [5.41, 5.74) is -0.928. The molecule has 3 rings (SSSR count). The molecule has 13 nitrogen and oxygen atoms in total. The van der Waals surface area contributed by atoms with Crippen LogP contribution in [-0.4, -0.2) is 76.5 Å². The van der Waals surface area contributed by atoms with Crippen molar-refractivity contribution in [3.05, 3.63) is 36.4 Å². The number of carbonyl (C=O) groups is 3. The molecule has 0 radical (unpaired) electrons. The zero-order valence-corrected chi connectivity index (χ0v) is 18.5. The normalized spacial score (nSPS) is 15.2. The largest absolute Gasteiger partial charge is 0.483 e. The first kappa shape index (κ1) is 26.6. The highest BCUT2D eigenvalue weighted by atomic mass is 32.2. The van der Waals surface area contributed by atoms with Crippen molar-refractivity contribution in [1.29, 1.82) is 0 Å². The van der Waals surface area contributed by atoms with E-state index in [-0.39, 0.29) is 38.5 Å². The minimum Gasteiger partial charge on any atom is -0.483 e. The maximum atomic E-state index is 13.0. The molecule has 2 aromatic rings. The fourth-order valence-electron chi connectivity index (χ4n) is 3.09. The zero-order valence-electron chi connectivity index (χ0n) is 17.7. The minimum absolute atomic E-state index is 0.201. The molecule has 0 aliphatic carbocycles. The third-order valence-electron chi connectivity index (χ3n) is 4.56. The molecule has 178 valence electrons. The van der Waals surface area contributed by atoms with Gasteiger partial charge in [-0.2, -0.15) is 5.10 Å². The number of aromatic nitrogens is 2. The van der Waals surface area contributed by atoms with Gasteiger partial charge in [-0.1, -0.05) is 0 Å². The van der Waals surface area contributed by atoms with Crippen LogP contribution in [0.25, 0.3) is 0 Å². The van der Waals surface area contributed by atoms with Gasteiger partial charge in [-0.15, -0.1) is 0 Å². The highest BCUT2D eigenvalue weighted by molar-refractivity contribution is 7.88. The van der Waals surface area contributed by atoms with Crippen LogP contribution >= 0.6 is 0 Å². The van der Waals surface area contributed by atoms with Crippen molar-refractivity contribution in [2.24, 2.45) is 7.05 Å². The number of aryl methyl sites for hydroxylation is 1. The van der Waals surface area contributed by atoms with Crippen LogP contribution in [0.15, 0.2) is 35.1 Å². The number of nitrogens with zero attached hydrogens (tertiary/aromatic N) is 3. The highest BCUT2D eigenvalue weighted by Crippen LogP contribution is 2.28. The van der Waals surface area contributed by atoms with E-state index in [1.807, 2.05) is 0 Å². The molecule has 32 heavy (non-hydrogen) atoms. The summed E-state index contributed by atoms with van der Waals surface area (Å²) in [5, 5.41) is 24.2. The fraction of sp³-hybridized carbons (Fsp3) is 0.444. The van der Waals surface area contributed by atoms with E-state index in [1.54, 1.807) is 42.4 Å². The smallest absolute Gasteiger partial charge is 0.290 e. The van der Waals surface area contributed by atoms with Gasteiger partial charge in [0.05, 0.1) is 19.1 Å². The van der Waals surface area contributed by atoms with Gasteiger partial charge < -0.3 is 25.3 Å². The van der Waals surface area contributed by atoms with Gasteiger partial charge in [0.25, 0.3) is 12.9 Å². The average Bonchev–Trinajstić information content (AvgIpc) is 3.38. The van der Waals surface area contributed by atoms with Gasteiger partial charge in [-0.25, -0.2) is 12.7 Å². The van der Waals surface area contributed by atoms with Crippen LogP contribution in [0.2, 0.25) is 0 Å². The molecule has 0 aromatic carbocycles. The molecule has 1 amide bonds. The van der Waals surface area contributed by atoms with Gasteiger partial charge in [-0.3, -0.25) is 19.1 Å². The summed E-state index contributed by atoms with van der Waals surface area (Å²) in [6.45, 7) is 0.312. The predicted molar refractivity (Wildman–Crippen MR) is 113 cm³/mol. The summed E-state index contributed by atoms with van der Waals surface area (Å²) in [6.07, 6.45) is 5.21. The first-order chi connectivity index (χ1) is 15.1. The number of carbonyl (C=O) groups excluding carboxylic acids is 1. The molecule has 2 aromatic heterocycles. The summed E-state index contributed by atoms with van der Waals surface area (Å²) < 4.78 is 31.9. The highest BCUT2D eigenvalue weighted by Gasteiger charge is 2.43. The molecule has 1 aliphatic rings. The quantitative estimate of drug-likeness (QED) is 0.414. The maximum Gasteiger partial charge on any atom is 0.290 e. The molecule has 0 atom stereocenters. The van der Waals surface area contributed by atoms with E-state index in [0.29, 0.717) is 24.4 Å². The third kappa shape index (κ3) is 8.03. The van der Waals surface area contributed by atoms with E-state index in [0.717, 1.165) is 0 Å². The number of amides is 1. The lowest BCUT2D eigenvalue weighted by Gasteiger charge is -2.40. The Kier molecular flexibility index (Phi) is 10.4. The molecule has 3 heterocycles. The third-order valence-corrected chi connectivity index (χ3v) is 5.87. The van der Waals surface area contributed by atoms with Gasteiger partial charge in [0.15, 0.2) is 0 Å². The second-order valence-corrected chi connectivity index (χ2v) is 8.70. The Morgan fingerprint density at radius 2 is 1.84 bits per heavy atom. The molecule has 0 bridgehead atoms. The van der Waals surface area contributed by atoms with Crippen molar-refractivity contribution < 1.29 is 37.4 Å². The van der Waals surface area contributed by atoms with E-state index >= 15 is 0 Å². The molecule has 1 saturated heterocycles. The number of nitrogens with one attached hydrogen (secondary N) is 2. The Morgan fingerprint density at radius 1 is 1.25 bits per heavy atom. The van der Waals surface area contributed by atoms with Crippen LogP contribution in [0.5, 0.6) is 0 Å². The van der Waals surface area contributed by atoms with Gasteiger partial charge in [-0.05, 0) is 25.0 Å². The Labute approximate surface area is 185 Å². The number of piperidine rings is 1. The summed E-state index contributed by atoms with van der Waals surface area (Å²) in [5.74, 6) is 1.03. The van der Waals surface area contributed by atoms with E-state index in [1.165, 1.54) is 10.6 Å². The second-order valence-electron chi connectivity index (χ2n) is 6.72. The van der Waals surface area contributed by atoms with Crippen molar-refractivity contribution in [1.82, 2.24) is 19.4 Å². The van der Waals surface area contributed by atoms with Gasteiger partial charge >= 0.3 is 0 Å². The first-order valence-electron chi connectivity index (χ1n) is 9.31. The monoisotopic (exact) mass is 473 g/mol. The van der Waals surface area contributed by atoms with Crippen LogP contribution in [-0.2, 0) is 38.0 Å². The summed E-state index contributed by atoms with van der Waals surface area (Å²) in [7, 11) is -1.49. The van der Waals surface area contributed by atoms with Crippen LogP contribution in [0.1, 0.15) is 18.6 Å². The lowest BCUT2D eigenvalue weighted by Crippen LogP contribution is -2.58. The molecule has 0 unspecified atom stereocenters. The predicted octanol–water partition coefficient (Wildman–Crippen LogP) is -0.0628. The molecule has 4 N–H and O–H groups in total. The summed E-state index contributed by atoms with van der Waals surface area (Å²) >= 11 is 0. The second kappa shape index (κ2) is 12.5. The molecule has 1 aliphatic heterocycles. The summed E-state index contributed by atoms with van der Waals surface area (Å²) in [4.78, 5) is 29.7. The van der Waals surface area contributed by atoms with E-state index in [4.69, 9.17) is 24.2 Å². The molecular weight excluding hydrogens is 446 g/mol. The van der Waals surface area contributed by atoms with Crippen LogP contribution in [0.3, 0.4) is 0 Å². The average molecular weight is 474 g/mol. The lowest BCUT2D eigenvalue weighted by molar-refractivity contribution is -0.127. The number of sulfonamides is 1. The Bertz CT molecular complexity index is 944. The van der Waals surface area contributed by atoms with Crippen LogP contribution < -0.4 is 10.6 Å². The number of furan rings is 1. The molecule has 0 saturated carbocycles. The first-order valence-corrected chi connectivity index (χ1v) is 11.2. The topological polar surface area (TPSA) is 184 Å². The standard InChI is InChI=1S/C16H23N5O4S.2CH2O2/c1-20-8-5-14(19-20)18-16(6-9-21(10-7-16)26(2,23)24)15(22)17-12-13-4-3-11-25-13;2*2-1-3/h3-5,8,11H,6-7,9-10,12H2,1-2H3,(H,17,22)(H,18,19);2*1H,(H,2,3). The van der Waals surface area contributed by atoms with Gasteiger partial charge in [0.2, 0.25) is 15.9 Å². The number of anilines is 1. The SMILES string of the molecule is Cn1ccc(NC2(C(=O)NCc3ccco3)CCN(S(C)(=O)=O)CC2)n1.O=CO.O=CO. The van der Waals surface area contributed by atoms with Crippen molar-refractivity contribution in [2.45, 2.75) is 24.9 Å². The lowest BCUT2D eigenvalue weighted by atomic mass is 9.87. The number of hydrogen-bond acceptors (Lipinski definition) is 8. The van der Waals surface area contributed by atoms with E-state index in [9.17, 15) is 13.2 Å². The van der Waals surface area contributed by atoms with Crippen molar-refractivity contribution in [3.63, 3.8) is 0 Å². The van der Waals surface area contributed by atoms with E-state index in [2.05, 4.69) is 15.7 Å². The van der Waals surface area contributed by atoms with Crippen molar-refractivity contribution >= 4 is 34.7 Å². The molecule has 1 fully saturated rings. The molecule has 14 heteroatoms. The minimum atomic E-state index is -3.28. The zero-order chi connectivity index (χ0) is 24.2.